The number of nitrogens with one attached hydrogen (secondary N) is 3. The molecule has 3 aromatic heterocycles. The van der Waals surface area contributed by atoms with Crippen LogP contribution in [-0.2, 0) is 0 Å². The monoisotopic (exact) mass is 402 g/mol. The van der Waals surface area contributed by atoms with E-state index in [9.17, 15) is 9.18 Å². The zero-order valence-electron chi connectivity index (χ0n) is 15.7. The zero-order valence-corrected chi connectivity index (χ0v) is 15.7. The molecule has 0 unspecified atom stereocenters. The van der Waals surface area contributed by atoms with Gasteiger partial charge in [0, 0.05) is 30.8 Å². The average Bonchev–Trinajstić information content (AvgIpc) is 3.36. The number of benzene rings is 2. The molecule has 0 atom stereocenters. The summed E-state index contributed by atoms with van der Waals surface area (Å²) in [6.45, 7) is 0. The molecule has 0 saturated carbocycles. The fraction of sp³-hybridized carbons (Fsp3) is 0.0476. The highest BCUT2D eigenvalue weighted by molar-refractivity contribution is 5.93. The predicted molar refractivity (Wildman–Crippen MR) is 109 cm³/mol. The van der Waals surface area contributed by atoms with Crippen LogP contribution in [0.4, 0.5) is 4.39 Å². The van der Waals surface area contributed by atoms with E-state index in [-0.39, 0.29) is 17.4 Å². The number of imidazole rings is 1. The highest BCUT2D eigenvalue weighted by Crippen LogP contribution is 2.29. The van der Waals surface area contributed by atoms with Gasteiger partial charge in [-0.3, -0.25) is 14.9 Å². The van der Waals surface area contributed by atoms with E-state index >= 15 is 0 Å². The van der Waals surface area contributed by atoms with Crippen LogP contribution in [-0.4, -0.2) is 38.1 Å². The lowest BCUT2D eigenvalue weighted by Gasteiger charge is -2.06. The van der Waals surface area contributed by atoms with E-state index < -0.39 is 0 Å². The van der Waals surface area contributed by atoms with E-state index in [4.69, 9.17) is 4.74 Å². The van der Waals surface area contributed by atoms with Gasteiger partial charge < -0.3 is 15.0 Å². The van der Waals surface area contributed by atoms with E-state index in [0.29, 0.717) is 33.9 Å². The van der Waals surface area contributed by atoms with Crippen LogP contribution in [0.25, 0.3) is 33.5 Å². The first-order valence-corrected chi connectivity index (χ1v) is 9.10. The van der Waals surface area contributed by atoms with Gasteiger partial charge in [-0.05, 0) is 36.4 Å². The summed E-state index contributed by atoms with van der Waals surface area (Å²) in [4.78, 5) is 23.5. The van der Waals surface area contributed by atoms with Gasteiger partial charge in [0.25, 0.3) is 5.91 Å². The van der Waals surface area contributed by atoms with Crippen molar-refractivity contribution in [2.24, 2.45) is 0 Å². The van der Waals surface area contributed by atoms with Crippen molar-refractivity contribution in [1.82, 2.24) is 30.5 Å². The van der Waals surface area contributed by atoms with E-state index in [2.05, 4.69) is 30.5 Å². The minimum Gasteiger partial charge on any atom is -0.457 e. The molecule has 0 spiro atoms. The second-order valence-corrected chi connectivity index (χ2v) is 6.58. The molecule has 3 heterocycles. The van der Waals surface area contributed by atoms with Crippen LogP contribution >= 0.6 is 0 Å². The largest absolute Gasteiger partial charge is 0.457 e. The molecule has 2 aromatic carbocycles. The van der Waals surface area contributed by atoms with Crippen LogP contribution in [0.5, 0.6) is 11.5 Å². The summed E-state index contributed by atoms with van der Waals surface area (Å²) < 4.78 is 19.5. The number of H-pyrrole nitrogens is 2. The number of rotatable bonds is 4. The lowest BCUT2D eigenvalue weighted by Crippen LogP contribution is -2.18. The molecule has 5 aromatic rings. The van der Waals surface area contributed by atoms with Gasteiger partial charge in [0.2, 0.25) is 0 Å². The van der Waals surface area contributed by atoms with Crippen molar-refractivity contribution in [3.8, 4) is 23.0 Å². The molecule has 0 aliphatic rings. The summed E-state index contributed by atoms with van der Waals surface area (Å²) >= 11 is 0. The second kappa shape index (κ2) is 6.96. The first-order valence-electron chi connectivity index (χ1n) is 9.10. The highest BCUT2D eigenvalue weighted by Gasteiger charge is 2.14. The van der Waals surface area contributed by atoms with Crippen molar-refractivity contribution >= 4 is 27.8 Å². The Morgan fingerprint density at radius 1 is 1.07 bits per heavy atom. The van der Waals surface area contributed by atoms with Crippen molar-refractivity contribution in [2.75, 3.05) is 7.05 Å². The first kappa shape index (κ1) is 17.8. The number of aromatic amines is 2. The fourth-order valence-corrected chi connectivity index (χ4v) is 3.19. The minimum atomic E-state index is -0.342. The minimum absolute atomic E-state index is 0.260. The standard InChI is InChI=1S/C21H15FN6O2/c1-23-21(29)18-10-13(6-7-24-18)30-12-3-5-16-17(9-12)26-20(25-16)19-14-8-11(22)2-4-15(14)27-28-19/h2-10H,1H3,(H,23,29)(H,25,26)(H,27,28). The Morgan fingerprint density at radius 2 is 1.90 bits per heavy atom. The Kier molecular flexibility index (Phi) is 4.13. The second-order valence-electron chi connectivity index (χ2n) is 6.58. The van der Waals surface area contributed by atoms with Gasteiger partial charge in [-0.15, -0.1) is 0 Å². The Morgan fingerprint density at radius 3 is 2.77 bits per heavy atom. The molecule has 148 valence electrons. The maximum absolute atomic E-state index is 13.7. The van der Waals surface area contributed by atoms with Gasteiger partial charge in [0.15, 0.2) is 5.82 Å². The van der Waals surface area contributed by atoms with Gasteiger partial charge in [-0.25, -0.2) is 9.37 Å². The van der Waals surface area contributed by atoms with Gasteiger partial charge in [0.05, 0.1) is 16.6 Å². The molecule has 0 saturated heterocycles. The Balaban J connectivity index is 1.48. The average molecular weight is 402 g/mol. The molecule has 3 N–H and O–H groups in total. The number of fused-ring (bicyclic) bond motifs is 2. The normalized spacial score (nSPS) is 11.1. The fourth-order valence-electron chi connectivity index (χ4n) is 3.19. The van der Waals surface area contributed by atoms with Crippen LogP contribution in [0, 0.1) is 5.82 Å². The number of hydrogen-bond donors (Lipinski definition) is 3. The van der Waals surface area contributed by atoms with Crippen molar-refractivity contribution in [3.63, 3.8) is 0 Å². The zero-order chi connectivity index (χ0) is 20.7. The third-order valence-electron chi connectivity index (χ3n) is 4.63. The quantitative estimate of drug-likeness (QED) is 0.424. The molecule has 0 fully saturated rings. The number of pyridine rings is 1. The van der Waals surface area contributed by atoms with Gasteiger partial charge in [0.1, 0.15) is 28.7 Å². The Labute approximate surface area is 169 Å². The summed E-state index contributed by atoms with van der Waals surface area (Å²) in [6.07, 6.45) is 1.51. The van der Waals surface area contributed by atoms with Gasteiger partial charge in [-0.1, -0.05) is 0 Å². The first-order chi connectivity index (χ1) is 14.6. The molecule has 30 heavy (non-hydrogen) atoms. The van der Waals surface area contributed by atoms with Crippen molar-refractivity contribution < 1.29 is 13.9 Å². The maximum Gasteiger partial charge on any atom is 0.269 e. The van der Waals surface area contributed by atoms with Crippen LogP contribution in [0.3, 0.4) is 0 Å². The molecule has 8 nitrogen and oxygen atoms in total. The molecule has 0 bridgehead atoms. The van der Waals surface area contributed by atoms with Gasteiger partial charge in [-0.2, -0.15) is 5.10 Å². The summed E-state index contributed by atoms with van der Waals surface area (Å²) in [5.41, 5.74) is 2.96. The van der Waals surface area contributed by atoms with E-state index in [1.807, 2.05) is 6.07 Å². The summed E-state index contributed by atoms with van der Waals surface area (Å²) in [5.74, 6) is 0.908. The summed E-state index contributed by atoms with van der Waals surface area (Å²) in [6, 6.07) is 13.0. The number of nitrogens with zero attached hydrogens (tertiary/aromatic N) is 3. The van der Waals surface area contributed by atoms with Crippen LogP contribution in [0.15, 0.2) is 54.7 Å². The van der Waals surface area contributed by atoms with Crippen LogP contribution < -0.4 is 10.1 Å². The molecule has 0 aliphatic heterocycles. The number of amides is 1. The van der Waals surface area contributed by atoms with E-state index in [0.717, 1.165) is 11.0 Å². The topological polar surface area (TPSA) is 109 Å². The third-order valence-corrected chi connectivity index (χ3v) is 4.63. The number of aromatic nitrogens is 5. The van der Waals surface area contributed by atoms with Crippen LogP contribution in [0.2, 0.25) is 0 Å². The maximum atomic E-state index is 13.7. The number of carbonyl (C=O) groups excluding carboxylic acids is 1. The van der Waals surface area contributed by atoms with E-state index in [1.165, 1.54) is 25.4 Å². The van der Waals surface area contributed by atoms with Crippen LogP contribution in [0.1, 0.15) is 10.5 Å². The number of ether oxygens (including phenoxy) is 1. The number of carbonyl (C=O) groups is 1. The van der Waals surface area contributed by atoms with E-state index in [1.54, 1.807) is 30.3 Å². The number of hydrogen-bond acceptors (Lipinski definition) is 5. The number of halogens is 1. The SMILES string of the molecule is CNC(=O)c1cc(Oc2ccc3[nH]c(-c4n[nH]c5ccc(F)cc45)nc3c2)ccn1. The highest BCUT2D eigenvalue weighted by atomic mass is 19.1. The lowest BCUT2D eigenvalue weighted by atomic mass is 10.2. The summed E-state index contributed by atoms with van der Waals surface area (Å²) in [5, 5.41) is 10.3. The lowest BCUT2D eigenvalue weighted by molar-refractivity contribution is 0.0958. The third kappa shape index (κ3) is 3.12. The Bertz CT molecular complexity index is 1410. The molecule has 5 rings (SSSR count). The van der Waals surface area contributed by atoms with Crippen molar-refractivity contribution in [1.29, 1.82) is 0 Å². The van der Waals surface area contributed by atoms with Crippen molar-refractivity contribution in [2.45, 2.75) is 0 Å². The van der Waals surface area contributed by atoms with Crippen molar-refractivity contribution in [3.05, 3.63) is 66.2 Å². The van der Waals surface area contributed by atoms with Gasteiger partial charge >= 0.3 is 0 Å². The molecule has 0 radical (unpaired) electrons. The molecule has 0 aliphatic carbocycles. The predicted octanol–water partition coefficient (Wildman–Crippen LogP) is 3.79. The molecule has 9 heteroatoms. The smallest absolute Gasteiger partial charge is 0.269 e. The molecular formula is C21H15FN6O2. The summed E-state index contributed by atoms with van der Waals surface area (Å²) in [7, 11) is 1.54. The Hall–Kier alpha value is -4.27. The molecular weight excluding hydrogens is 387 g/mol. The molecule has 1 amide bonds.